The molecular weight excluding hydrogens is 268 g/mol. The first-order valence-electron chi connectivity index (χ1n) is 7.82. The van der Waals surface area contributed by atoms with Crippen LogP contribution >= 0.6 is 0 Å². The smallest absolute Gasteiger partial charge is 0.410 e. The van der Waals surface area contributed by atoms with E-state index in [0.717, 1.165) is 25.7 Å². The predicted molar refractivity (Wildman–Crippen MR) is 78.7 cm³/mol. The van der Waals surface area contributed by atoms with E-state index in [1.165, 1.54) is 0 Å². The summed E-state index contributed by atoms with van der Waals surface area (Å²) in [7, 11) is 0. The Bertz CT molecular complexity index is 404. The molecule has 0 aromatic carbocycles. The van der Waals surface area contributed by atoms with Crippen LogP contribution in [0.5, 0.6) is 0 Å². The van der Waals surface area contributed by atoms with Crippen molar-refractivity contribution in [2.75, 3.05) is 19.7 Å². The number of amides is 1. The summed E-state index contributed by atoms with van der Waals surface area (Å²) in [6.07, 6.45) is 4.15. The predicted octanol–water partition coefficient (Wildman–Crippen LogP) is 3.10. The lowest BCUT2D eigenvalue weighted by Crippen LogP contribution is -2.51. The number of hydrogen-bond donors (Lipinski definition) is 0. The van der Waals surface area contributed by atoms with Gasteiger partial charge in [0.25, 0.3) is 0 Å². The van der Waals surface area contributed by atoms with Gasteiger partial charge in [0.05, 0.1) is 18.3 Å². The van der Waals surface area contributed by atoms with E-state index in [1.807, 2.05) is 20.8 Å². The zero-order chi connectivity index (χ0) is 15.5. The van der Waals surface area contributed by atoms with Gasteiger partial charge < -0.3 is 14.4 Å². The molecule has 1 amide bonds. The molecule has 2 rings (SSSR count). The van der Waals surface area contributed by atoms with E-state index in [1.54, 1.807) is 4.90 Å². The molecule has 0 N–H and O–H groups in total. The third-order valence-corrected chi connectivity index (χ3v) is 4.34. The average molecular weight is 294 g/mol. The van der Waals surface area contributed by atoms with Crippen LogP contribution in [0.3, 0.4) is 0 Å². The van der Waals surface area contributed by atoms with Crippen molar-refractivity contribution in [2.45, 2.75) is 64.1 Å². The molecule has 1 atom stereocenters. The first-order chi connectivity index (χ1) is 9.84. The summed E-state index contributed by atoms with van der Waals surface area (Å²) in [6, 6.07) is 2.22. The van der Waals surface area contributed by atoms with Crippen LogP contribution in [0, 0.1) is 17.2 Å². The van der Waals surface area contributed by atoms with E-state index < -0.39 is 5.60 Å². The highest BCUT2D eigenvalue weighted by atomic mass is 16.6. The van der Waals surface area contributed by atoms with Gasteiger partial charge in [0.15, 0.2) is 0 Å². The number of carbonyl (C=O) groups excluding carboxylic acids is 1. The Morgan fingerprint density at radius 3 is 2.52 bits per heavy atom. The lowest BCUT2D eigenvalue weighted by molar-refractivity contribution is -0.127. The van der Waals surface area contributed by atoms with E-state index in [0.29, 0.717) is 32.0 Å². The van der Waals surface area contributed by atoms with Gasteiger partial charge in [0.1, 0.15) is 5.60 Å². The van der Waals surface area contributed by atoms with E-state index in [4.69, 9.17) is 14.7 Å². The van der Waals surface area contributed by atoms with Crippen LogP contribution in [0.2, 0.25) is 0 Å². The largest absolute Gasteiger partial charge is 0.444 e. The normalized spacial score (nSPS) is 25.4. The Hall–Kier alpha value is -1.28. The van der Waals surface area contributed by atoms with Crippen molar-refractivity contribution in [1.29, 1.82) is 5.26 Å². The summed E-state index contributed by atoms with van der Waals surface area (Å²) >= 11 is 0. The van der Waals surface area contributed by atoms with Gasteiger partial charge in [-0.05, 0) is 52.4 Å². The molecule has 1 unspecified atom stereocenters. The summed E-state index contributed by atoms with van der Waals surface area (Å²) in [5, 5.41) is 8.75. The highest BCUT2D eigenvalue weighted by Gasteiger charge is 2.40. The number of ether oxygens (including phenoxy) is 2. The minimum absolute atomic E-state index is 0.0789. The Labute approximate surface area is 127 Å². The second kappa shape index (κ2) is 6.23. The van der Waals surface area contributed by atoms with Gasteiger partial charge in [-0.1, -0.05) is 0 Å². The SMILES string of the molecule is CC(C)(C)OC(=O)N1CCC2(CCC(CC#N)CO2)CC1. The number of rotatable bonds is 1. The first-order valence-corrected chi connectivity index (χ1v) is 7.82. The van der Waals surface area contributed by atoms with E-state index in [-0.39, 0.29) is 11.7 Å². The average Bonchev–Trinajstić information content (AvgIpc) is 2.41. The van der Waals surface area contributed by atoms with Gasteiger partial charge in [-0.25, -0.2) is 4.79 Å². The second-order valence-electron chi connectivity index (χ2n) is 7.23. The van der Waals surface area contributed by atoms with Crippen LogP contribution in [-0.4, -0.2) is 41.9 Å². The van der Waals surface area contributed by atoms with Crippen molar-refractivity contribution in [3.05, 3.63) is 0 Å². The molecule has 118 valence electrons. The summed E-state index contributed by atoms with van der Waals surface area (Å²) in [6.45, 7) is 7.72. The number of nitrogens with zero attached hydrogens (tertiary/aromatic N) is 2. The van der Waals surface area contributed by atoms with Gasteiger partial charge in [0.2, 0.25) is 0 Å². The van der Waals surface area contributed by atoms with Gasteiger partial charge >= 0.3 is 6.09 Å². The van der Waals surface area contributed by atoms with Crippen molar-refractivity contribution in [2.24, 2.45) is 5.92 Å². The van der Waals surface area contributed by atoms with Crippen molar-refractivity contribution < 1.29 is 14.3 Å². The minimum Gasteiger partial charge on any atom is -0.444 e. The molecule has 2 heterocycles. The molecular formula is C16H26N2O3. The molecule has 0 aliphatic carbocycles. The number of hydrogen-bond acceptors (Lipinski definition) is 4. The van der Waals surface area contributed by atoms with Crippen LogP contribution in [-0.2, 0) is 9.47 Å². The highest BCUT2D eigenvalue weighted by Crippen LogP contribution is 2.37. The molecule has 0 aromatic heterocycles. The fourth-order valence-corrected chi connectivity index (χ4v) is 3.03. The standard InChI is InChI=1S/C16H26N2O3/c1-15(2,3)21-14(19)18-10-7-16(8-11-18)6-4-13(5-9-17)12-20-16/h13H,4-8,10-12H2,1-3H3. The lowest BCUT2D eigenvalue weighted by Gasteiger charge is -2.45. The minimum atomic E-state index is -0.446. The first kappa shape index (κ1) is 16.1. The van der Waals surface area contributed by atoms with Gasteiger partial charge in [-0.3, -0.25) is 0 Å². The van der Waals surface area contributed by atoms with Gasteiger partial charge in [0, 0.05) is 19.5 Å². The van der Waals surface area contributed by atoms with Crippen LogP contribution < -0.4 is 0 Å². The van der Waals surface area contributed by atoms with Crippen molar-refractivity contribution in [1.82, 2.24) is 4.90 Å². The molecule has 0 aromatic rings. The number of carbonyl (C=O) groups is 1. The zero-order valence-corrected chi connectivity index (χ0v) is 13.4. The van der Waals surface area contributed by atoms with Crippen molar-refractivity contribution in [3.63, 3.8) is 0 Å². The molecule has 0 radical (unpaired) electrons. The molecule has 0 bridgehead atoms. The number of piperidine rings is 1. The zero-order valence-electron chi connectivity index (χ0n) is 13.4. The second-order valence-corrected chi connectivity index (χ2v) is 7.23. The maximum Gasteiger partial charge on any atom is 0.410 e. The molecule has 2 fully saturated rings. The Kier molecular flexibility index (Phi) is 4.77. The van der Waals surface area contributed by atoms with Crippen molar-refractivity contribution in [3.8, 4) is 6.07 Å². The fraction of sp³-hybridized carbons (Fsp3) is 0.875. The van der Waals surface area contributed by atoms with Crippen molar-refractivity contribution >= 4 is 6.09 Å². The Balaban J connectivity index is 1.81. The van der Waals surface area contributed by atoms with Gasteiger partial charge in [-0.2, -0.15) is 5.26 Å². The fourth-order valence-electron chi connectivity index (χ4n) is 3.03. The van der Waals surface area contributed by atoms with Crippen LogP contribution in [0.25, 0.3) is 0 Å². The van der Waals surface area contributed by atoms with Crippen LogP contribution in [0.1, 0.15) is 52.9 Å². The maximum absolute atomic E-state index is 12.0. The molecule has 2 aliphatic heterocycles. The van der Waals surface area contributed by atoms with Gasteiger partial charge in [-0.15, -0.1) is 0 Å². The van der Waals surface area contributed by atoms with E-state index >= 15 is 0 Å². The molecule has 2 aliphatic rings. The monoisotopic (exact) mass is 294 g/mol. The quantitative estimate of drug-likeness (QED) is 0.745. The molecule has 2 saturated heterocycles. The molecule has 1 spiro atoms. The lowest BCUT2D eigenvalue weighted by atomic mass is 9.81. The summed E-state index contributed by atoms with van der Waals surface area (Å²) in [5.41, 5.74) is -0.525. The molecule has 5 heteroatoms. The van der Waals surface area contributed by atoms with Crippen LogP contribution in [0.4, 0.5) is 4.79 Å². The summed E-state index contributed by atoms with van der Waals surface area (Å²) < 4.78 is 11.5. The molecule has 5 nitrogen and oxygen atoms in total. The summed E-state index contributed by atoms with van der Waals surface area (Å²) in [5.74, 6) is 0.379. The van der Waals surface area contributed by atoms with E-state index in [9.17, 15) is 4.79 Å². The topological polar surface area (TPSA) is 62.6 Å². The van der Waals surface area contributed by atoms with Crippen LogP contribution in [0.15, 0.2) is 0 Å². The molecule has 21 heavy (non-hydrogen) atoms. The Morgan fingerprint density at radius 2 is 2.05 bits per heavy atom. The maximum atomic E-state index is 12.0. The Morgan fingerprint density at radius 1 is 1.38 bits per heavy atom. The summed E-state index contributed by atoms with van der Waals surface area (Å²) in [4.78, 5) is 13.8. The number of nitriles is 1. The molecule has 0 saturated carbocycles. The highest BCUT2D eigenvalue weighted by molar-refractivity contribution is 5.68. The van der Waals surface area contributed by atoms with E-state index in [2.05, 4.69) is 6.07 Å². The third kappa shape index (κ3) is 4.34. The number of likely N-dealkylation sites (tertiary alicyclic amines) is 1. The third-order valence-electron chi connectivity index (χ3n) is 4.34.